The van der Waals surface area contributed by atoms with Crippen molar-refractivity contribution in [2.75, 3.05) is 19.8 Å². The zero-order chi connectivity index (χ0) is 30.2. The van der Waals surface area contributed by atoms with Gasteiger partial charge in [-0.2, -0.15) is 0 Å². The maximum atomic E-state index is 10.2. The number of ether oxygens (including phenoxy) is 3. The van der Waals surface area contributed by atoms with Crippen LogP contribution < -0.4 is 0 Å². The van der Waals surface area contributed by atoms with Crippen LogP contribution in [0.25, 0.3) is 0 Å². The van der Waals surface area contributed by atoms with Crippen molar-refractivity contribution in [1.29, 1.82) is 0 Å². The Morgan fingerprint density at radius 3 is 2.40 bits per heavy atom. The first-order valence-electron chi connectivity index (χ1n) is 17.2. The van der Waals surface area contributed by atoms with E-state index in [-0.39, 0.29) is 18.1 Å². The summed E-state index contributed by atoms with van der Waals surface area (Å²) in [5, 5.41) is 39.5. The third-order valence-electron chi connectivity index (χ3n) is 12.8. The van der Waals surface area contributed by atoms with E-state index in [4.69, 9.17) is 14.2 Å². The summed E-state index contributed by atoms with van der Waals surface area (Å²) in [6, 6.07) is 0. The van der Waals surface area contributed by atoms with Crippen LogP contribution >= 0.6 is 0 Å². The molecule has 1 saturated heterocycles. The molecule has 42 heavy (non-hydrogen) atoms. The van der Waals surface area contributed by atoms with Gasteiger partial charge in [0.25, 0.3) is 0 Å². The van der Waals surface area contributed by atoms with Crippen molar-refractivity contribution in [3.05, 3.63) is 11.6 Å². The van der Waals surface area contributed by atoms with E-state index in [9.17, 15) is 20.4 Å². The average Bonchev–Trinajstić information content (AvgIpc) is 3.32. The van der Waals surface area contributed by atoms with Gasteiger partial charge in [0, 0.05) is 0 Å². The van der Waals surface area contributed by atoms with Gasteiger partial charge in [-0.25, -0.2) is 0 Å². The Kier molecular flexibility index (Phi) is 10.5. The summed E-state index contributed by atoms with van der Waals surface area (Å²) >= 11 is 0. The molecule has 13 atom stereocenters. The maximum absolute atomic E-state index is 10.2. The predicted octanol–water partition coefficient (Wildman–Crippen LogP) is 5.23. The van der Waals surface area contributed by atoms with Gasteiger partial charge in [-0.1, -0.05) is 65.5 Å². The largest absolute Gasteiger partial charge is 0.394 e. The topological polar surface area (TPSA) is 109 Å². The van der Waals surface area contributed by atoms with Crippen LogP contribution in [0.15, 0.2) is 11.6 Å². The summed E-state index contributed by atoms with van der Waals surface area (Å²) in [5.74, 6) is 5.04. The second kappa shape index (κ2) is 13.4. The number of hydrogen-bond acceptors (Lipinski definition) is 7. The van der Waals surface area contributed by atoms with E-state index < -0.39 is 37.3 Å². The highest BCUT2D eigenvalue weighted by Gasteiger charge is 2.59. The highest BCUT2D eigenvalue weighted by molar-refractivity contribution is 5.25. The van der Waals surface area contributed by atoms with Gasteiger partial charge in [-0.05, 0) is 97.7 Å². The normalized spacial score (nSPS) is 46.1. The van der Waals surface area contributed by atoms with Crippen molar-refractivity contribution < 1.29 is 34.6 Å². The molecular weight excluding hydrogens is 532 g/mol. The minimum Gasteiger partial charge on any atom is -0.394 e. The SMILES string of the molecule is CC(C)CCC[C@@H](C)[C@H]1CC[C@H]2[C@@H]3CC=C4C[C@@H](OCCO[C@H]5O[C@H](CO)[C@@H](O)[C@H](O)[C@H]5O)CC[C@]4(C)[C@H]3CC[C@]12C. The fraction of sp³-hybridized carbons (Fsp3) is 0.943. The Labute approximate surface area is 254 Å². The number of hydrogen-bond donors (Lipinski definition) is 4. The minimum absolute atomic E-state index is 0.163. The van der Waals surface area contributed by atoms with E-state index in [1.54, 1.807) is 5.57 Å². The number of rotatable bonds is 11. The van der Waals surface area contributed by atoms with Gasteiger partial charge in [-0.3, -0.25) is 0 Å². The van der Waals surface area contributed by atoms with Crippen molar-refractivity contribution in [2.24, 2.45) is 46.3 Å². The van der Waals surface area contributed by atoms with E-state index in [0.29, 0.717) is 12.0 Å². The summed E-state index contributed by atoms with van der Waals surface area (Å²) in [6.07, 6.45) is 10.7. The van der Waals surface area contributed by atoms with Crippen LogP contribution in [0.2, 0.25) is 0 Å². The Hall–Kier alpha value is -0.540. The Morgan fingerprint density at radius 2 is 1.67 bits per heavy atom. The summed E-state index contributed by atoms with van der Waals surface area (Å²) in [5.41, 5.74) is 2.41. The van der Waals surface area contributed by atoms with Crippen LogP contribution in [0.1, 0.15) is 105 Å². The first-order valence-corrected chi connectivity index (χ1v) is 17.2. The molecule has 5 rings (SSSR count). The molecule has 0 aromatic carbocycles. The maximum Gasteiger partial charge on any atom is 0.186 e. The van der Waals surface area contributed by atoms with E-state index in [0.717, 1.165) is 48.3 Å². The average molecular weight is 593 g/mol. The molecule has 0 amide bonds. The van der Waals surface area contributed by atoms with Gasteiger partial charge in [0.15, 0.2) is 6.29 Å². The first-order chi connectivity index (χ1) is 20.0. The first kappa shape index (κ1) is 32.8. The fourth-order valence-corrected chi connectivity index (χ4v) is 10.4. The molecule has 0 spiro atoms. The van der Waals surface area contributed by atoms with Crippen molar-refractivity contribution in [2.45, 2.75) is 142 Å². The molecule has 4 fully saturated rings. The molecule has 4 aliphatic carbocycles. The molecule has 0 unspecified atom stereocenters. The lowest BCUT2D eigenvalue weighted by atomic mass is 9.47. The fourth-order valence-electron chi connectivity index (χ4n) is 10.4. The van der Waals surface area contributed by atoms with Crippen LogP contribution in [-0.2, 0) is 14.2 Å². The van der Waals surface area contributed by atoms with Crippen molar-refractivity contribution >= 4 is 0 Å². The Balaban J connectivity index is 1.13. The summed E-state index contributed by atoms with van der Waals surface area (Å²) in [6.45, 7) is 12.6. The molecule has 1 heterocycles. The van der Waals surface area contributed by atoms with Gasteiger partial charge in [0.05, 0.1) is 25.9 Å². The van der Waals surface area contributed by atoms with Crippen LogP contribution in [0.3, 0.4) is 0 Å². The van der Waals surface area contributed by atoms with Crippen LogP contribution in [0.5, 0.6) is 0 Å². The van der Waals surface area contributed by atoms with E-state index in [1.807, 2.05) is 0 Å². The second-order valence-corrected chi connectivity index (χ2v) is 15.6. The lowest BCUT2D eigenvalue weighted by Crippen LogP contribution is -2.59. The van der Waals surface area contributed by atoms with E-state index in [2.05, 4.69) is 40.7 Å². The second-order valence-electron chi connectivity index (χ2n) is 15.6. The standard InChI is InChI=1S/C35H60O7/c1-21(2)7-6-8-22(3)26-11-12-27-25-10-9-23-19-24(13-15-34(23,4)28(25)14-16-35(26,27)5)40-17-18-41-33-32(39)31(38)30(37)29(20-36)42-33/h9,21-22,24-33,36-39H,6-8,10-20H2,1-5H3/t22-,24+,25+,26-,27+,28+,29-,30-,31+,32-,33+,34+,35-/m1/s1. The van der Waals surface area contributed by atoms with Crippen LogP contribution in [-0.4, -0.2) is 77.1 Å². The smallest absolute Gasteiger partial charge is 0.186 e. The highest BCUT2D eigenvalue weighted by Crippen LogP contribution is 2.67. The van der Waals surface area contributed by atoms with Gasteiger partial charge in [0.1, 0.15) is 24.4 Å². The monoisotopic (exact) mass is 592 g/mol. The minimum atomic E-state index is -1.43. The van der Waals surface area contributed by atoms with Gasteiger partial charge in [-0.15, -0.1) is 0 Å². The lowest BCUT2D eigenvalue weighted by Gasteiger charge is -2.58. The van der Waals surface area contributed by atoms with Crippen molar-refractivity contribution in [1.82, 2.24) is 0 Å². The van der Waals surface area contributed by atoms with Crippen molar-refractivity contribution in [3.63, 3.8) is 0 Å². The van der Waals surface area contributed by atoms with Gasteiger partial charge < -0.3 is 34.6 Å². The molecule has 1 aliphatic heterocycles. The number of fused-ring (bicyclic) bond motifs is 5. The molecule has 5 aliphatic rings. The molecule has 7 heteroatoms. The third-order valence-corrected chi connectivity index (χ3v) is 12.8. The molecule has 0 radical (unpaired) electrons. The van der Waals surface area contributed by atoms with Crippen LogP contribution in [0, 0.1) is 46.3 Å². The van der Waals surface area contributed by atoms with Crippen LogP contribution in [0.4, 0.5) is 0 Å². The number of allylic oxidation sites excluding steroid dienone is 1. The molecule has 0 aromatic heterocycles. The van der Waals surface area contributed by atoms with Gasteiger partial charge in [0.2, 0.25) is 0 Å². The summed E-state index contributed by atoms with van der Waals surface area (Å²) in [4.78, 5) is 0. The number of aliphatic hydroxyl groups is 4. The van der Waals surface area contributed by atoms with E-state index in [1.165, 1.54) is 57.8 Å². The molecule has 4 N–H and O–H groups in total. The molecule has 242 valence electrons. The molecule has 0 bridgehead atoms. The molecule has 3 saturated carbocycles. The third kappa shape index (κ3) is 6.27. The van der Waals surface area contributed by atoms with Crippen molar-refractivity contribution in [3.8, 4) is 0 Å². The molecule has 7 nitrogen and oxygen atoms in total. The zero-order valence-electron chi connectivity index (χ0n) is 26.9. The molecular formula is C35H60O7. The quantitative estimate of drug-likeness (QED) is 0.192. The predicted molar refractivity (Wildman–Crippen MR) is 163 cm³/mol. The zero-order valence-corrected chi connectivity index (χ0v) is 26.9. The Morgan fingerprint density at radius 1 is 0.905 bits per heavy atom. The number of aliphatic hydroxyl groups excluding tert-OH is 4. The summed E-state index contributed by atoms with van der Waals surface area (Å²) in [7, 11) is 0. The van der Waals surface area contributed by atoms with Gasteiger partial charge >= 0.3 is 0 Å². The Bertz CT molecular complexity index is 921. The lowest BCUT2D eigenvalue weighted by molar-refractivity contribution is -0.302. The highest BCUT2D eigenvalue weighted by atomic mass is 16.7. The van der Waals surface area contributed by atoms with E-state index >= 15 is 0 Å². The summed E-state index contributed by atoms with van der Waals surface area (Å²) < 4.78 is 17.3. The molecule has 0 aromatic rings.